The van der Waals surface area contributed by atoms with Crippen molar-refractivity contribution in [2.24, 2.45) is 0 Å². The highest BCUT2D eigenvalue weighted by atomic mass is 16.2. The lowest BCUT2D eigenvalue weighted by Crippen LogP contribution is -2.39. The molecule has 0 aliphatic heterocycles. The molecule has 0 unspecified atom stereocenters. The van der Waals surface area contributed by atoms with Crippen molar-refractivity contribution in [2.45, 2.75) is 13.0 Å². The Hall–Kier alpha value is -2.62. The summed E-state index contributed by atoms with van der Waals surface area (Å²) in [4.78, 5) is 24.1. The van der Waals surface area contributed by atoms with Gasteiger partial charge < -0.3 is 5.32 Å². The molecule has 4 heteroatoms. The number of urea groups is 1. The molecule has 4 nitrogen and oxygen atoms in total. The molecule has 0 atom stereocenters. The number of carbonyl (C=O) groups excluding carboxylic acids is 2. The number of nitrogens with zero attached hydrogens (tertiary/aromatic N) is 1. The van der Waals surface area contributed by atoms with Gasteiger partial charge in [0, 0.05) is 6.54 Å². The third-order valence-electron chi connectivity index (χ3n) is 3.12. The van der Waals surface area contributed by atoms with Gasteiger partial charge >= 0.3 is 6.03 Å². The summed E-state index contributed by atoms with van der Waals surface area (Å²) in [6.45, 7) is 0.781. The van der Waals surface area contributed by atoms with Gasteiger partial charge in [-0.15, -0.1) is 0 Å². The zero-order valence-corrected chi connectivity index (χ0v) is 11.7. The Bertz CT molecular complexity index is 570. The van der Waals surface area contributed by atoms with E-state index >= 15 is 0 Å². The SMILES string of the molecule is O=CN(Cc1ccccc1)C(=O)NCCc1ccccc1. The molecule has 2 aromatic rings. The number of benzene rings is 2. The molecule has 0 aliphatic carbocycles. The maximum absolute atomic E-state index is 12.0. The van der Waals surface area contributed by atoms with Gasteiger partial charge in [0.05, 0.1) is 6.54 Å². The normalized spacial score (nSPS) is 9.90. The minimum Gasteiger partial charge on any atom is -0.337 e. The first-order valence-corrected chi connectivity index (χ1v) is 6.87. The van der Waals surface area contributed by atoms with E-state index in [9.17, 15) is 9.59 Å². The van der Waals surface area contributed by atoms with Crippen molar-refractivity contribution in [3.63, 3.8) is 0 Å². The van der Waals surface area contributed by atoms with Crippen molar-refractivity contribution in [1.82, 2.24) is 10.2 Å². The molecule has 0 aromatic heterocycles. The van der Waals surface area contributed by atoms with Crippen LogP contribution in [-0.4, -0.2) is 23.9 Å². The predicted octanol–water partition coefficient (Wildman–Crippen LogP) is 2.60. The van der Waals surface area contributed by atoms with E-state index in [-0.39, 0.29) is 12.6 Å². The summed E-state index contributed by atoms with van der Waals surface area (Å²) in [5, 5.41) is 2.76. The monoisotopic (exact) mass is 282 g/mol. The van der Waals surface area contributed by atoms with Gasteiger partial charge in [0.1, 0.15) is 0 Å². The summed E-state index contributed by atoms with van der Waals surface area (Å²) in [7, 11) is 0. The van der Waals surface area contributed by atoms with Gasteiger partial charge in [-0.2, -0.15) is 0 Å². The molecular weight excluding hydrogens is 264 g/mol. The van der Waals surface area contributed by atoms with E-state index in [0.29, 0.717) is 13.0 Å². The second-order valence-corrected chi connectivity index (χ2v) is 4.69. The molecule has 0 aliphatic rings. The maximum Gasteiger partial charge on any atom is 0.324 e. The number of carbonyl (C=O) groups is 2. The van der Waals surface area contributed by atoms with Gasteiger partial charge in [0.25, 0.3) is 0 Å². The molecule has 1 N–H and O–H groups in total. The summed E-state index contributed by atoms with van der Waals surface area (Å²) >= 11 is 0. The molecule has 2 aromatic carbocycles. The van der Waals surface area contributed by atoms with E-state index in [1.165, 1.54) is 0 Å². The highest BCUT2D eigenvalue weighted by molar-refractivity contribution is 5.84. The standard InChI is InChI=1S/C17H18N2O2/c20-14-19(13-16-9-5-2-6-10-16)17(21)18-12-11-15-7-3-1-4-8-15/h1-10,14H,11-13H2,(H,18,21). The van der Waals surface area contributed by atoms with Gasteiger partial charge in [-0.05, 0) is 17.5 Å². The first-order valence-electron chi connectivity index (χ1n) is 6.87. The molecule has 0 radical (unpaired) electrons. The van der Waals surface area contributed by atoms with Crippen LogP contribution in [0.5, 0.6) is 0 Å². The lowest BCUT2D eigenvalue weighted by Gasteiger charge is -2.16. The molecule has 0 heterocycles. The topological polar surface area (TPSA) is 49.4 Å². The van der Waals surface area contributed by atoms with Crippen LogP contribution in [0.2, 0.25) is 0 Å². The van der Waals surface area contributed by atoms with E-state index in [1.807, 2.05) is 60.7 Å². The Morgan fingerprint density at radius 1 is 0.952 bits per heavy atom. The number of rotatable bonds is 6. The van der Waals surface area contributed by atoms with Crippen molar-refractivity contribution >= 4 is 12.4 Å². The van der Waals surface area contributed by atoms with Crippen LogP contribution in [0.4, 0.5) is 4.79 Å². The Morgan fingerprint density at radius 2 is 1.52 bits per heavy atom. The second kappa shape index (κ2) is 7.85. The van der Waals surface area contributed by atoms with Crippen LogP contribution >= 0.6 is 0 Å². The highest BCUT2D eigenvalue weighted by Crippen LogP contribution is 2.03. The third-order valence-corrected chi connectivity index (χ3v) is 3.12. The number of nitrogens with one attached hydrogen (secondary N) is 1. The fourth-order valence-corrected chi connectivity index (χ4v) is 2.00. The van der Waals surface area contributed by atoms with E-state index in [2.05, 4.69) is 5.32 Å². The Kier molecular flexibility index (Phi) is 5.52. The fraction of sp³-hybridized carbons (Fsp3) is 0.176. The zero-order valence-electron chi connectivity index (χ0n) is 11.7. The lowest BCUT2D eigenvalue weighted by molar-refractivity contribution is -0.116. The summed E-state index contributed by atoms with van der Waals surface area (Å²) in [5.41, 5.74) is 2.07. The smallest absolute Gasteiger partial charge is 0.324 e. The summed E-state index contributed by atoms with van der Waals surface area (Å²) in [6.07, 6.45) is 1.30. The quantitative estimate of drug-likeness (QED) is 0.828. The van der Waals surface area contributed by atoms with Gasteiger partial charge in [-0.3, -0.25) is 9.69 Å². The molecule has 108 valence electrons. The Morgan fingerprint density at radius 3 is 2.10 bits per heavy atom. The number of hydrogen-bond acceptors (Lipinski definition) is 2. The minimum absolute atomic E-state index is 0.279. The van der Waals surface area contributed by atoms with Crippen LogP contribution in [0, 0.1) is 0 Å². The van der Waals surface area contributed by atoms with Crippen LogP contribution in [-0.2, 0) is 17.8 Å². The largest absolute Gasteiger partial charge is 0.337 e. The molecule has 3 amide bonds. The summed E-state index contributed by atoms with van der Waals surface area (Å²) < 4.78 is 0. The first kappa shape index (κ1) is 14.8. The molecular formula is C17H18N2O2. The Labute approximate surface area is 124 Å². The van der Waals surface area contributed by atoms with Crippen LogP contribution < -0.4 is 5.32 Å². The van der Waals surface area contributed by atoms with Gasteiger partial charge in [0.15, 0.2) is 0 Å². The average molecular weight is 282 g/mol. The number of imide groups is 1. The van der Waals surface area contributed by atoms with E-state index in [0.717, 1.165) is 22.4 Å². The van der Waals surface area contributed by atoms with Gasteiger partial charge in [0.2, 0.25) is 6.41 Å². The van der Waals surface area contributed by atoms with Crippen molar-refractivity contribution in [1.29, 1.82) is 0 Å². The third kappa shape index (κ3) is 4.76. The van der Waals surface area contributed by atoms with Crippen LogP contribution in [0.1, 0.15) is 11.1 Å². The van der Waals surface area contributed by atoms with Crippen LogP contribution in [0.25, 0.3) is 0 Å². The van der Waals surface area contributed by atoms with Crippen molar-refractivity contribution in [2.75, 3.05) is 6.54 Å². The number of hydrogen-bond donors (Lipinski definition) is 1. The van der Waals surface area contributed by atoms with Crippen molar-refractivity contribution in [3.8, 4) is 0 Å². The van der Waals surface area contributed by atoms with Crippen LogP contribution in [0.15, 0.2) is 60.7 Å². The van der Waals surface area contributed by atoms with E-state index < -0.39 is 0 Å². The fourth-order valence-electron chi connectivity index (χ4n) is 2.00. The molecule has 0 spiro atoms. The lowest BCUT2D eigenvalue weighted by atomic mass is 10.1. The number of amides is 3. The summed E-state index contributed by atoms with van der Waals surface area (Å²) in [5.74, 6) is 0. The Balaban J connectivity index is 1.82. The van der Waals surface area contributed by atoms with Crippen LogP contribution in [0.3, 0.4) is 0 Å². The predicted molar refractivity (Wildman–Crippen MR) is 81.6 cm³/mol. The molecule has 0 saturated heterocycles. The van der Waals surface area contributed by atoms with E-state index in [4.69, 9.17) is 0 Å². The second-order valence-electron chi connectivity index (χ2n) is 4.69. The van der Waals surface area contributed by atoms with E-state index in [1.54, 1.807) is 0 Å². The maximum atomic E-state index is 12.0. The molecule has 0 saturated carbocycles. The molecule has 0 bridgehead atoms. The molecule has 2 rings (SSSR count). The first-order chi connectivity index (χ1) is 10.3. The zero-order chi connectivity index (χ0) is 14.9. The summed E-state index contributed by atoms with van der Waals surface area (Å²) in [6, 6.07) is 18.9. The average Bonchev–Trinajstić information content (AvgIpc) is 2.54. The van der Waals surface area contributed by atoms with Crippen molar-refractivity contribution in [3.05, 3.63) is 71.8 Å². The van der Waals surface area contributed by atoms with Crippen molar-refractivity contribution < 1.29 is 9.59 Å². The van der Waals surface area contributed by atoms with Gasteiger partial charge in [-0.1, -0.05) is 60.7 Å². The highest BCUT2D eigenvalue weighted by Gasteiger charge is 2.12. The molecule has 21 heavy (non-hydrogen) atoms. The minimum atomic E-state index is -0.371. The molecule has 0 fully saturated rings. The van der Waals surface area contributed by atoms with Gasteiger partial charge in [-0.25, -0.2) is 4.79 Å².